The molecule has 0 bridgehead atoms. The summed E-state index contributed by atoms with van der Waals surface area (Å²) in [6.45, 7) is 4.66. The molecule has 0 fully saturated rings. The van der Waals surface area contributed by atoms with Crippen LogP contribution in [0.5, 0.6) is 0 Å². The fraction of sp³-hybridized carbons (Fsp3) is 0.286. The molecule has 0 aliphatic carbocycles. The minimum absolute atomic E-state index is 0.0768. The van der Waals surface area contributed by atoms with Crippen molar-refractivity contribution in [3.8, 4) is 0 Å². The number of amides is 1. The molecule has 134 valence electrons. The SMILES string of the molecule is C[C@@H]1c2cccn2CC[NH+]1CC(=O)N[C@@H](c1ccccc1)c1cccs1. The van der Waals surface area contributed by atoms with Gasteiger partial charge < -0.3 is 14.8 Å². The monoisotopic (exact) mass is 366 g/mol. The number of hydrogen-bond donors (Lipinski definition) is 2. The lowest BCUT2D eigenvalue weighted by Crippen LogP contribution is -3.14. The van der Waals surface area contributed by atoms with Crippen molar-refractivity contribution in [2.75, 3.05) is 13.1 Å². The number of carbonyl (C=O) groups excluding carboxylic acids is 1. The molecule has 3 aromatic rings. The van der Waals surface area contributed by atoms with Crippen LogP contribution in [-0.4, -0.2) is 23.6 Å². The molecule has 1 aromatic carbocycles. The van der Waals surface area contributed by atoms with E-state index in [0.29, 0.717) is 12.6 Å². The first-order valence-corrected chi connectivity index (χ1v) is 9.97. The van der Waals surface area contributed by atoms with Crippen LogP contribution < -0.4 is 10.2 Å². The number of nitrogens with one attached hydrogen (secondary N) is 2. The van der Waals surface area contributed by atoms with Gasteiger partial charge in [-0.15, -0.1) is 11.3 Å². The lowest BCUT2D eigenvalue weighted by atomic mass is 10.1. The Balaban J connectivity index is 1.48. The normalized spacial score (nSPS) is 20.3. The maximum Gasteiger partial charge on any atom is 0.275 e. The van der Waals surface area contributed by atoms with E-state index in [0.717, 1.165) is 18.7 Å². The number of rotatable bonds is 5. The summed E-state index contributed by atoms with van der Waals surface area (Å²) in [5.41, 5.74) is 2.44. The Bertz CT molecular complexity index is 857. The van der Waals surface area contributed by atoms with Crippen molar-refractivity contribution < 1.29 is 9.69 Å². The van der Waals surface area contributed by atoms with Crippen LogP contribution in [0.1, 0.15) is 35.1 Å². The first-order chi connectivity index (χ1) is 12.7. The van der Waals surface area contributed by atoms with Crippen LogP contribution in [0.15, 0.2) is 66.2 Å². The zero-order valence-electron chi connectivity index (χ0n) is 14.9. The minimum Gasteiger partial charge on any atom is -0.341 e. The summed E-state index contributed by atoms with van der Waals surface area (Å²) in [4.78, 5) is 15.3. The number of benzene rings is 1. The summed E-state index contributed by atoms with van der Waals surface area (Å²) in [6, 6.07) is 18.8. The van der Waals surface area contributed by atoms with Crippen molar-refractivity contribution in [2.24, 2.45) is 0 Å². The van der Waals surface area contributed by atoms with Crippen LogP contribution in [0.2, 0.25) is 0 Å². The number of hydrogen-bond acceptors (Lipinski definition) is 2. The fourth-order valence-electron chi connectivity index (χ4n) is 3.79. The van der Waals surface area contributed by atoms with E-state index >= 15 is 0 Å². The second-order valence-electron chi connectivity index (χ2n) is 6.86. The van der Waals surface area contributed by atoms with Gasteiger partial charge in [-0.05, 0) is 36.1 Å². The van der Waals surface area contributed by atoms with Crippen LogP contribution in [0, 0.1) is 0 Å². The van der Waals surface area contributed by atoms with Gasteiger partial charge in [0.05, 0.1) is 24.8 Å². The lowest BCUT2D eigenvalue weighted by molar-refractivity contribution is -0.926. The van der Waals surface area contributed by atoms with E-state index in [1.807, 2.05) is 24.3 Å². The van der Waals surface area contributed by atoms with E-state index in [4.69, 9.17) is 0 Å². The summed E-state index contributed by atoms with van der Waals surface area (Å²) >= 11 is 1.68. The average Bonchev–Trinajstić information content (AvgIpc) is 3.35. The molecule has 4 rings (SSSR count). The second-order valence-corrected chi connectivity index (χ2v) is 7.84. The quantitative estimate of drug-likeness (QED) is 0.715. The van der Waals surface area contributed by atoms with Crippen LogP contribution in [0.25, 0.3) is 0 Å². The van der Waals surface area contributed by atoms with Gasteiger partial charge in [0.25, 0.3) is 5.91 Å². The highest BCUT2D eigenvalue weighted by molar-refractivity contribution is 7.10. The maximum absolute atomic E-state index is 12.9. The summed E-state index contributed by atoms with van der Waals surface area (Å²) < 4.78 is 2.30. The Hall–Kier alpha value is -2.37. The molecule has 0 saturated heterocycles. The van der Waals surface area contributed by atoms with Gasteiger partial charge in [0, 0.05) is 11.1 Å². The van der Waals surface area contributed by atoms with Crippen molar-refractivity contribution >= 4 is 17.2 Å². The lowest BCUT2D eigenvalue weighted by Gasteiger charge is -2.31. The van der Waals surface area contributed by atoms with Gasteiger partial charge in [-0.25, -0.2) is 0 Å². The molecule has 1 aliphatic rings. The van der Waals surface area contributed by atoms with E-state index < -0.39 is 0 Å². The molecule has 1 amide bonds. The molecule has 1 unspecified atom stereocenters. The van der Waals surface area contributed by atoms with Gasteiger partial charge in [-0.2, -0.15) is 0 Å². The topological polar surface area (TPSA) is 38.5 Å². The Morgan fingerprint density at radius 1 is 1.23 bits per heavy atom. The number of aromatic nitrogens is 1. The molecular weight excluding hydrogens is 342 g/mol. The minimum atomic E-state index is -0.0768. The predicted octanol–water partition coefficient (Wildman–Crippen LogP) is 2.41. The first kappa shape index (κ1) is 17.1. The molecule has 4 nitrogen and oxygen atoms in total. The van der Waals surface area contributed by atoms with Crippen LogP contribution in [0.4, 0.5) is 0 Å². The van der Waals surface area contributed by atoms with Gasteiger partial charge >= 0.3 is 0 Å². The van der Waals surface area contributed by atoms with Crippen LogP contribution >= 0.6 is 11.3 Å². The molecule has 26 heavy (non-hydrogen) atoms. The summed E-state index contributed by atoms with van der Waals surface area (Å²) in [5.74, 6) is 0.106. The summed E-state index contributed by atoms with van der Waals surface area (Å²) in [5, 5.41) is 5.32. The Morgan fingerprint density at radius 2 is 2.08 bits per heavy atom. The van der Waals surface area contributed by atoms with E-state index in [9.17, 15) is 4.79 Å². The van der Waals surface area contributed by atoms with E-state index in [1.165, 1.54) is 15.5 Å². The van der Waals surface area contributed by atoms with E-state index in [1.54, 1.807) is 11.3 Å². The smallest absolute Gasteiger partial charge is 0.275 e. The van der Waals surface area contributed by atoms with Gasteiger partial charge in [0.1, 0.15) is 6.04 Å². The highest BCUT2D eigenvalue weighted by atomic mass is 32.1. The van der Waals surface area contributed by atoms with Gasteiger partial charge in [-0.1, -0.05) is 36.4 Å². The zero-order chi connectivity index (χ0) is 17.9. The Labute approximate surface area is 158 Å². The van der Waals surface area contributed by atoms with Crippen molar-refractivity contribution in [3.05, 3.63) is 82.3 Å². The molecule has 0 radical (unpaired) electrons. The Kier molecular flexibility index (Phi) is 4.91. The third-order valence-corrected chi connectivity index (χ3v) is 6.19. The fourth-order valence-corrected chi connectivity index (χ4v) is 4.60. The van der Waals surface area contributed by atoms with Crippen molar-refractivity contribution in [3.63, 3.8) is 0 Å². The van der Waals surface area contributed by atoms with Gasteiger partial charge in [0.2, 0.25) is 0 Å². The summed E-state index contributed by atoms with van der Waals surface area (Å²) in [7, 11) is 0. The van der Waals surface area contributed by atoms with Crippen molar-refractivity contribution in [1.82, 2.24) is 9.88 Å². The predicted molar refractivity (Wildman–Crippen MR) is 104 cm³/mol. The number of quaternary nitrogens is 1. The molecule has 1 aliphatic heterocycles. The average molecular weight is 367 g/mol. The molecule has 3 heterocycles. The Morgan fingerprint density at radius 3 is 2.85 bits per heavy atom. The molecule has 2 aromatic heterocycles. The van der Waals surface area contributed by atoms with Crippen molar-refractivity contribution in [2.45, 2.75) is 25.6 Å². The molecule has 0 saturated carbocycles. The number of fused-ring (bicyclic) bond motifs is 1. The number of carbonyl (C=O) groups is 1. The molecular formula is C21H24N3OS+. The third kappa shape index (κ3) is 3.45. The highest BCUT2D eigenvalue weighted by Gasteiger charge is 2.29. The largest absolute Gasteiger partial charge is 0.341 e. The molecule has 2 N–H and O–H groups in total. The molecule has 5 heteroatoms. The van der Waals surface area contributed by atoms with Crippen LogP contribution in [0.3, 0.4) is 0 Å². The standard InChI is InChI=1S/C21H23N3OS/c1-16-18-9-5-11-23(18)12-13-24(16)15-20(25)22-21(19-10-6-14-26-19)17-7-3-2-4-8-17/h2-11,14,16,21H,12-13,15H2,1H3,(H,22,25)/p+1/t16-,21+/m1/s1. The molecule has 3 atom stereocenters. The first-order valence-electron chi connectivity index (χ1n) is 9.09. The summed E-state index contributed by atoms with van der Waals surface area (Å²) in [6.07, 6.45) is 2.13. The van der Waals surface area contributed by atoms with Gasteiger partial charge in [0.15, 0.2) is 6.54 Å². The zero-order valence-corrected chi connectivity index (χ0v) is 15.7. The maximum atomic E-state index is 12.9. The van der Waals surface area contributed by atoms with Gasteiger partial charge in [-0.3, -0.25) is 4.79 Å². The highest BCUT2D eigenvalue weighted by Crippen LogP contribution is 2.25. The number of thiophene rings is 1. The second kappa shape index (κ2) is 7.48. The van der Waals surface area contributed by atoms with E-state index in [-0.39, 0.29) is 11.9 Å². The third-order valence-electron chi connectivity index (χ3n) is 5.25. The molecule has 0 spiro atoms. The number of nitrogens with zero attached hydrogens (tertiary/aromatic N) is 1. The van der Waals surface area contributed by atoms with E-state index in [2.05, 4.69) is 58.7 Å². The van der Waals surface area contributed by atoms with Crippen LogP contribution in [-0.2, 0) is 11.3 Å². The van der Waals surface area contributed by atoms with Crippen molar-refractivity contribution in [1.29, 1.82) is 0 Å².